The van der Waals surface area contributed by atoms with Crippen LogP contribution >= 0.6 is 11.6 Å². The van der Waals surface area contributed by atoms with Gasteiger partial charge in [-0.1, -0.05) is 11.6 Å². The molecule has 31 heavy (non-hydrogen) atoms. The number of hydrogen-bond donors (Lipinski definition) is 2. The summed E-state index contributed by atoms with van der Waals surface area (Å²) in [6.07, 6.45) is 0.932. The molecule has 10 heteroatoms. The molecule has 2 aliphatic heterocycles. The van der Waals surface area contributed by atoms with Gasteiger partial charge in [0.25, 0.3) is 0 Å². The number of carbonyl (C=O) groups excluding carboxylic acids is 3. The summed E-state index contributed by atoms with van der Waals surface area (Å²) in [7, 11) is 0. The molecule has 2 aromatic carbocycles. The Morgan fingerprint density at radius 3 is 2.35 bits per heavy atom. The molecule has 1 saturated heterocycles. The standard InChI is InChI=1S/C21H19ClF2N4O3/c22-19-15(23)10-14(11-16(19)24)27-5-7-28(8-6-27)21(31)20(30)25-13-2-3-17-12(9-13)1-4-18(29)26-17/h2-3,9-11H,1,4-8H2,(H,25,30)(H,26,29). The van der Waals surface area contributed by atoms with Crippen molar-refractivity contribution in [1.29, 1.82) is 0 Å². The lowest BCUT2D eigenvalue weighted by Gasteiger charge is -2.35. The van der Waals surface area contributed by atoms with Gasteiger partial charge in [-0.05, 0) is 42.3 Å². The van der Waals surface area contributed by atoms with E-state index >= 15 is 0 Å². The monoisotopic (exact) mass is 448 g/mol. The minimum atomic E-state index is -0.848. The molecule has 0 aromatic heterocycles. The molecule has 2 heterocycles. The number of halogens is 3. The van der Waals surface area contributed by atoms with Gasteiger partial charge in [0.05, 0.1) is 0 Å². The van der Waals surface area contributed by atoms with Gasteiger partial charge < -0.3 is 20.4 Å². The molecule has 0 saturated carbocycles. The quantitative estimate of drug-likeness (QED) is 0.547. The van der Waals surface area contributed by atoms with Crippen LogP contribution in [0.1, 0.15) is 12.0 Å². The van der Waals surface area contributed by atoms with Crippen molar-refractivity contribution in [2.24, 2.45) is 0 Å². The Hall–Kier alpha value is -3.20. The predicted molar refractivity (Wildman–Crippen MR) is 112 cm³/mol. The number of fused-ring (bicyclic) bond motifs is 1. The summed E-state index contributed by atoms with van der Waals surface area (Å²) in [6.45, 7) is 1.10. The predicted octanol–water partition coefficient (Wildman–Crippen LogP) is 2.79. The normalized spacial score (nSPS) is 15.9. The number of piperazine rings is 1. The van der Waals surface area contributed by atoms with Crippen LogP contribution in [-0.4, -0.2) is 48.8 Å². The van der Waals surface area contributed by atoms with Gasteiger partial charge in [-0.15, -0.1) is 0 Å². The topological polar surface area (TPSA) is 81.8 Å². The van der Waals surface area contributed by atoms with Crippen molar-refractivity contribution in [3.63, 3.8) is 0 Å². The van der Waals surface area contributed by atoms with E-state index in [0.29, 0.717) is 43.0 Å². The average Bonchev–Trinajstić information content (AvgIpc) is 2.76. The molecule has 7 nitrogen and oxygen atoms in total. The highest BCUT2D eigenvalue weighted by Crippen LogP contribution is 2.27. The van der Waals surface area contributed by atoms with Crippen molar-refractivity contribution < 1.29 is 23.2 Å². The third-order valence-electron chi connectivity index (χ3n) is 5.35. The molecule has 0 aliphatic carbocycles. The van der Waals surface area contributed by atoms with E-state index in [2.05, 4.69) is 10.6 Å². The van der Waals surface area contributed by atoms with E-state index in [1.54, 1.807) is 23.1 Å². The van der Waals surface area contributed by atoms with Gasteiger partial charge in [0.15, 0.2) is 0 Å². The third kappa shape index (κ3) is 4.46. The average molecular weight is 449 g/mol. The fourth-order valence-corrected chi connectivity index (χ4v) is 3.79. The maximum absolute atomic E-state index is 13.7. The van der Waals surface area contributed by atoms with Crippen molar-refractivity contribution in [1.82, 2.24) is 4.90 Å². The smallest absolute Gasteiger partial charge is 0.313 e. The summed E-state index contributed by atoms with van der Waals surface area (Å²) in [5.41, 5.74) is 2.39. The number of nitrogens with zero attached hydrogens (tertiary/aromatic N) is 2. The number of rotatable bonds is 2. The number of hydrogen-bond acceptors (Lipinski definition) is 4. The van der Waals surface area contributed by atoms with Gasteiger partial charge in [-0.2, -0.15) is 0 Å². The van der Waals surface area contributed by atoms with Gasteiger partial charge in [-0.25, -0.2) is 8.78 Å². The Balaban J connectivity index is 1.35. The van der Waals surface area contributed by atoms with E-state index in [4.69, 9.17) is 11.6 Å². The highest BCUT2D eigenvalue weighted by molar-refractivity contribution is 6.39. The minimum Gasteiger partial charge on any atom is -0.368 e. The molecule has 2 aromatic rings. The highest BCUT2D eigenvalue weighted by Gasteiger charge is 2.27. The van der Waals surface area contributed by atoms with Gasteiger partial charge in [0.2, 0.25) is 5.91 Å². The number of amides is 3. The molecule has 0 atom stereocenters. The van der Waals surface area contributed by atoms with Crippen LogP contribution in [-0.2, 0) is 20.8 Å². The minimum absolute atomic E-state index is 0.0531. The van der Waals surface area contributed by atoms with Gasteiger partial charge in [0, 0.05) is 49.7 Å². The zero-order valence-electron chi connectivity index (χ0n) is 16.4. The molecule has 0 radical (unpaired) electrons. The number of aryl methyl sites for hydroxylation is 1. The van der Waals surface area contributed by atoms with E-state index in [9.17, 15) is 23.2 Å². The second-order valence-electron chi connectivity index (χ2n) is 7.38. The van der Waals surface area contributed by atoms with E-state index in [0.717, 1.165) is 17.7 Å². The van der Waals surface area contributed by atoms with Crippen LogP contribution in [0.2, 0.25) is 5.02 Å². The van der Waals surface area contributed by atoms with Gasteiger partial charge >= 0.3 is 11.8 Å². The van der Waals surface area contributed by atoms with E-state index in [-0.39, 0.29) is 19.0 Å². The molecule has 0 unspecified atom stereocenters. The first kappa shape index (κ1) is 21.0. The lowest BCUT2D eigenvalue weighted by molar-refractivity contribution is -0.143. The van der Waals surface area contributed by atoms with Crippen LogP contribution in [0.3, 0.4) is 0 Å². The van der Waals surface area contributed by atoms with Crippen LogP contribution < -0.4 is 15.5 Å². The molecule has 162 valence electrons. The van der Waals surface area contributed by atoms with Crippen molar-refractivity contribution in [2.45, 2.75) is 12.8 Å². The summed E-state index contributed by atoms with van der Waals surface area (Å²) in [5, 5.41) is 4.79. The van der Waals surface area contributed by atoms with Crippen molar-refractivity contribution in [3.8, 4) is 0 Å². The van der Waals surface area contributed by atoms with Crippen LogP contribution in [0.4, 0.5) is 25.8 Å². The molecule has 2 aliphatic rings. The number of nitrogens with one attached hydrogen (secondary N) is 2. The molecule has 0 spiro atoms. The first-order valence-corrected chi connectivity index (χ1v) is 10.1. The first-order valence-electron chi connectivity index (χ1n) is 9.74. The maximum atomic E-state index is 13.7. The molecule has 2 N–H and O–H groups in total. The summed E-state index contributed by atoms with van der Waals surface area (Å²) in [5.74, 6) is -3.20. The second kappa shape index (κ2) is 8.50. The summed E-state index contributed by atoms with van der Waals surface area (Å²) >= 11 is 5.52. The van der Waals surface area contributed by atoms with Crippen molar-refractivity contribution in [3.05, 3.63) is 52.6 Å². The van der Waals surface area contributed by atoms with E-state index in [1.165, 1.54) is 4.90 Å². The lowest BCUT2D eigenvalue weighted by atomic mass is 10.0. The molecule has 1 fully saturated rings. The maximum Gasteiger partial charge on any atom is 0.313 e. The largest absolute Gasteiger partial charge is 0.368 e. The molecule has 0 bridgehead atoms. The van der Waals surface area contributed by atoms with Crippen LogP contribution in [0.5, 0.6) is 0 Å². The fourth-order valence-electron chi connectivity index (χ4n) is 3.68. The number of anilines is 3. The molecular weight excluding hydrogens is 430 g/mol. The molecule has 3 amide bonds. The third-order valence-corrected chi connectivity index (χ3v) is 5.71. The van der Waals surface area contributed by atoms with Crippen LogP contribution in [0.15, 0.2) is 30.3 Å². The summed E-state index contributed by atoms with van der Waals surface area (Å²) in [6, 6.07) is 7.34. The number of benzene rings is 2. The Labute approximate surface area is 181 Å². The van der Waals surface area contributed by atoms with E-state index in [1.807, 2.05) is 0 Å². The summed E-state index contributed by atoms with van der Waals surface area (Å²) in [4.78, 5) is 39.5. The van der Waals surface area contributed by atoms with Gasteiger partial charge in [0.1, 0.15) is 16.7 Å². The van der Waals surface area contributed by atoms with Gasteiger partial charge in [-0.3, -0.25) is 14.4 Å². The SMILES string of the molecule is O=C1CCc2cc(NC(=O)C(=O)N3CCN(c4cc(F)c(Cl)c(F)c4)CC3)ccc2N1. The second-order valence-corrected chi connectivity index (χ2v) is 7.75. The Bertz CT molecular complexity index is 1050. The summed E-state index contributed by atoms with van der Waals surface area (Å²) < 4.78 is 27.4. The van der Waals surface area contributed by atoms with Crippen LogP contribution in [0.25, 0.3) is 0 Å². The number of carbonyl (C=O) groups is 3. The van der Waals surface area contributed by atoms with Crippen molar-refractivity contribution in [2.75, 3.05) is 41.7 Å². The highest BCUT2D eigenvalue weighted by atomic mass is 35.5. The van der Waals surface area contributed by atoms with E-state index < -0.39 is 28.5 Å². The Morgan fingerprint density at radius 1 is 1.00 bits per heavy atom. The van der Waals surface area contributed by atoms with Crippen LogP contribution in [0, 0.1) is 11.6 Å². The van der Waals surface area contributed by atoms with Crippen molar-refractivity contribution >= 4 is 46.4 Å². The Kier molecular flexibility index (Phi) is 5.77. The molecular formula is C21H19ClF2N4O3. The fraction of sp³-hybridized carbons (Fsp3) is 0.286. The lowest BCUT2D eigenvalue weighted by Crippen LogP contribution is -2.51. The zero-order valence-corrected chi connectivity index (χ0v) is 17.1. The molecule has 4 rings (SSSR count). The Morgan fingerprint density at radius 2 is 1.68 bits per heavy atom. The zero-order chi connectivity index (χ0) is 22.1. The first-order chi connectivity index (χ1) is 14.8.